The van der Waals surface area contributed by atoms with Crippen LogP contribution >= 0.6 is 0 Å². The minimum absolute atomic E-state index is 0.689. The SMILES string of the molecule is c1coc(CNc2ccc(-n3cccn3)cc2)c1. The summed E-state index contributed by atoms with van der Waals surface area (Å²) in [6.07, 6.45) is 5.37. The van der Waals surface area contributed by atoms with Gasteiger partial charge in [-0.3, -0.25) is 0 Å². The summed E-state index contributed by atoms with van der Waals surface area (Å²) in [5.74, 6) is 0.922. The summed E-state index contributed by atoms with van der Waals surface area (Å²) in [5, 5.41) is 7.48. The molecule has 0 saturated carbocycles. The first-order valence-electron chi connectivity index (χ1n) is 5.78. The maximum Gasteiger partial charge on any atom is 0.122 e. The fourth-order valence-electron chi connectivity index (χ4n) is 1.76. The average molecular weight is 239 g/mol. The Labute approximate surface area is 105 Å². The summed E-state index contributed by atoms with van der Waals surface area (Å²) in [7, 11) is 0. The molecule has 0 saturated heterocycles. The van der Waals surface area contributed by atoms with Gasteiger partial charge in [0.15, 0.2) is 0 Å². The van der Waals surface area contributed by atoms with Gasteiger partial charge in [0, 0.05) is 18.1 Å². The minimum atomic E-state index is 0.689. The Morgan fingerprint density at radius 1 is 1.11 bits per heavy atom. The van der Waals surface area contributed by atoms with E-state index < -0.39 is 0 Å². The van der Waals surface area contributed by atoms with Crippen molar-refractivity contribution < 1.29 is 4.42 Å². The Bertz CT molecular complexity index is 583. The third-order valence-corrected chi connectivity index (χ3v) is 2.68. The van der Waals surface area contributed by atoms with Crippen molar-refractivity contribution in [3.05, 3.63) is 66.9 Å². The van der Waals surface area contributed by atoms with Crippen LogP contribution in [0.15, 0.2) is 65.5 Å². The van der Waals surface area contributed by atoms with Crippen LogP contribution in [-0.2, 0) is 6.54 Å². The summed E-state index contributed by atoms with van der Waals surface area (Å²) >= 11 is 0. The number of hydrogen-bond donors (Lipinski definition) is 1. The predicted molar refractivity (Wildman–Crippen MR) is 69.6 cm³/mol. The molecule has 0 aliphatic rings. The smallest absolute Gasteiger partial charge is 0.122 e. The van der Waals surface area contributed by atoms with E-state index >= 15 is 0 Å². The Hall–Kier alpha value is -2.49. The molecule has 0 bridgehead atoms. The molecule has 0 amide bonds. The molecule has 0 radical (unpaired) electrons. The molecule has 3 rings (SSSR count). The van der Waals surface area contributed by atoms with Crippen LogP contribution in [0.25, 0.3) is 5.69 Å². The molecular weight excluding hydrogens is 226 g/mol. The highest BCUT2D eigenvalue weighted by atomic mass is 16.3. The number of hydrogen-bond acceptors (Lipinski definition) is 3. The van der Waals surface area contributed by atoms with Gasteiger partial charge in [-0.05, 0) is 42.5 Å². The highest BCUT2D eigenvalue weighted by Crippen LogP contribution is 2.13. The van der Waals surface area contributed by atoms with E-state index in [1.807, 2.05) is 53.3 Å². The molecule has 90 valence electrons. The maximum atomic E-state index is 5.26. The molecule has 0 aliphatic carbocycles. The van der Waals surface area contributed by atoms with Gasteiger partial charge in [-0.25, -0.2) is 4.68 Å². The number of aromatic nitrogens is 2. The van der Waals surface area contributed by atoms with Crippen LogP contribution in [0.4, 0.5) is 5.69 Å². The number of nitrogens with one attached hydrogen (secondary N) is 1. The van der Waals surface area contributed by atoms with Gasteiger partial charge in [0.2, 0.25) is 0 Å². The van der Waals surface area contributed by atoms with Crippen LogP contribution in [0.1, 0.15) is 5.76 Å². The van der Waals surface area contributed by atoms with E-state index in [2.05, 4.69) is 10.4 Å². The lowest BCUT2D eigenvalue weighted by atomic mass is 10.3. The van der Waals surface area contributed by atoms with Crippen LogP contribution < -0.4 is 5.32 Å². The molecule has 4 heteroatoms. The normalized spacial score (nSPS) is 10.4. The molecule has 18 heavy (non-hydrogen) atoms. The molecule has 2 aromatic heterocycles. The van der Waals surface area contributed by atoms with Crippen LogP contribution in [-0.4, -0.2) is 9.78 Å². The highest BCUT2D eigenvalue weighted by Gasteiger charge is 1.98. The maximum absolute atomic E-state index is 5.26. The van der Waals surface area contributed by atoms with Gasteiger partial charge in [-0.15, -0.1) is 0 Å². The van der Waals surface area contributed by atoms with Crippen LogP contribution in [0.3, 0.4) is 0 Å². The number of nitrogens with zero attached hydrogens (tertiary/aromatic N) is 2. The van der Waals surface area contributed by atoms with Gasteiger partial charge in [0.25, 0.3) is 0 Å². The number of anilines is 1. The second kappa shape index (κ2) is 4.79. The Morgan fingerprint density at radius 3 is 2.67 bits per heavy atom. The summed E-state index contributed by atoms with van der Waals surface area (Å²) in [6.45, 7) is 0.689. The molecule has 1 N–H and O–H groups in total. The number of furan rings is 1. The fraction of sp³-hybridized carbons (Fsp3) is 0.0714. The first-order chi connectivity index (χ1) is 8.92. The first-order valence-corrected chi connectivity index (χ1v) is 5.78. The van der Waals surface area contributed by atoms with Crippen LogP contribution in [0, 0.1) is 0 Å². The first kappa shape index (κ1) is 10.7. The van der Waals surface area contributed by atoms with Crippen molar-refractivity contribution in [1.29, 1.82) is 0 Å². The molecule has 0 fully saturated rings. The lowest BCUT2D eigenvalue weighted by molar-refractivity contribution is 0.518. The van der Waals surface area contributed by atoms with E-state index in [9.17, 15) is 0 Å². The fourth-order valence-corrected chi connectivity index (χ4v) is 1.76. The second-order valence-electron chi connectivity index (χ2n) is 3.93. The molecule has 0 unspecified atom stereocenters. The molecule has 0 atom stereocenters. The van der Waals surface area contributed by atoms with Gasteiger partial charge in [0.1, 0.15) is 5.76 Å². The van der Waals surface area contributed by atoms with E-state index in [0.29, 0.717) is 6.54 Å². The molecular formula is C14H13N3O. The molecule has 2 heterocycles. The zero-order valence-electron chi connectivity index (χ0n) is 9.78. The summed E-state index contributed by atoms with van der Waals surface area (Å²) in [5.41, 5.74) is 2.10. The van der Waals surface area contributed by atoms with Crippen molar-refractivity contribution in [2.75, 3.05) is 5.32 Å². The van der Waals surface area contributed by atoms with E-state index in [1.165, 1.54) is 0 Å². The third kappa shape index (κ3) is 2.27. The summed E-state index contributed by atoms with van der Waals surface area (Å²) in [6, 6.07) is 13.8. The zero-order chi connectivity index (χ0) is 12.2. The van der Waals surface area contributed by atoms with E-state index in [0.717, 1.165) is 17.1 Å². The van der Waals surface area contributed by atoms with Crippen molar-refractivity contribution >= 4 is 5.69 Å². The summed E-state index contributed by atoms with van der Waals surface area (Å²) < 4.78 is 7.09. The Morgan fingerprint density at radius 2 is 2.00 bits per heavy atom. The average Bonchev–Trinajstić information content (AvgIpc) is 3.10. The van der Waals surface area contributed by atoms with Gasteiger partial charge in [-0.2, -0.15) is 5.10 Å². The molecule has 1 aromatic carbocycles. The Kier molecular flexibility index (Phi) is 2.84. The van der Waals surface area contributed by atoms with Crippen molar-refractivity contribution in [1.82, 2.24) is 9.78 Å². The predicted octanol–water partition coefficient (Wildman–Crippen LogP) is 3.08. The molecule has 4 nitrogen and oxygen atoms in total. The zero-order valence-corrected chi connectivity index (χ0v) is 9.78. The molecule has 3 aromatic rings. The van der Waals surface area contributed by atoms with E-state index in [4.69, 9.17) is 4.42 Å². The number of benzene rings is 1. The van der Waals surface area contributed by atoms with Gasteiger partial charge < -0.3 is 9.73 Å². The van der Waals surface area contributed by atoms with Crippen molar-refractivity contribution in [2.24, 2.45) is 0 Å². The second-order valence-corrected chi connectivity index (χ2v) is 3.93. The lowest BCUT2D eigenvalue weighted by Gasteiger charge is -2.06. The van der Waals surface area contributed by atoms with Crippen molar-refractivity contribution in [3.8, 4) is 5.69 Å². The minimum Gasteiger partial charge on any atom is -0.467 e. The summed E-state index contributed by atoms with van der Waals surface area (Å²) in [4.78, 5) is 0. The topological polar surface area (TPSA) is 43.0 Å². The number of rotatable bonds is 4. The monoisotopic (exact) mass is 239 g/mol. The third-order valence-electron chi connectivity index (χ3n) is 2.68. The molecule has 0 aliphatic heterocycles. The Balaban J connectivity index is 1.68. The van der Waals surface area contributed by atoms with E-state index in [-0.39, 0.29) is 0 Å². The lowest BCUT2D eigenvalue weighted by Crippen LogP contribution is -1.99. The van der Waals surface area contributed by atoms with Gasteiger partial charge >= 0.3 is 0 Å². The van der Waals surface area contributed by atoms with Crippen LogP contribution in [0.2, 0.25) is 0 Å². The highest BCUT2D eigenvalue weighted by molar-refractivity contribution is 5.48. The quantitative estimate of drug-likeness (QED) is 0.760. The van der Waals surface area contributed by atoms with Gasteiger partial charge in [-0.1, -0.05) is 0 Å². The van der Waals surface area contributed by atoms with Crippen molar-refractivity contribution in [2.45, 2.75) is 6.54 Å². The molecule has 0 spiro atoms. The van der Waals surface area contributed by atoms with Crippen LogP contribution in [0.5, 0.6) is 0 Å². The van der Waals surface area contributed by atoms with Crippen molar-refractivity contribution in [3.63, 3.8) is 0 Å². The van der Waals surface area contributed by atoms with E-state index in [1.54, 1.807) is 12.5 Å². The largest absolute Gasteiger partial charge is 0.467 e. The standard InChI is InChI=1S/C14H13N3O/c1-3-14(18-10-1)11-15-12-4-6-13(7-5-12)17-9-2-8-16-17/h1-10,15H,11H2. The van der Waals surface area contributed by atoms with Gasteiger partial charge in [0.05, 0.1) is 18.5 Å².